The molecule has 3 heteroatoms. The van der Waals surface area contributed by atoms with Crippen LogP contribution in [0.2, 0.25) is 10.0 Å². The molecule has 0 atom stereocenters. The van der Waals surface area contributed by atoms with Crippen LogP contribution in [0.3, 0.4) is 0 Å². The first-order valence-electron chi connectivity index (χ1n) is 8.18. The highest BCUT2D eigenvalue weighted by Crippen LogP contribution is 2.31. The van der Waals surface area contributed by atoms with Gasteiger partial charge >= 0.3 is 0 Å². The molecule has 0 amide bonds. The summed E-state index contributed by atoms with van der Waals surface area (Å²) in [6.45, 7) is 5.57. The van der Waals surface area contributed by atoms with E-state index in [1.165, 1.54) is 11.1 Å². The molecule has 1 nitrogen and oxygen atoms in total. The van der Waals surface area contributed by atoms with Gasteiger partial charge in [0.05, 0.1) is 0 Å². The molecule has 0 unspecified atom stereocenters. The minimum absolute atomic E-state index is 0.380. The molecule has 0 bridgehead atoms. The maximum Gasteiger partial charge on any atom is 0.0406 e. The van der Waals surface area contributed by atoms with Gasteiger partial charge in [0.2, 0.25) is 0 Å². The maximum atomic E-state index is 6.04. The van der Waals surface area contributed by atoms with E-state index in [4.69, 9.17) is 23.2 Å². The Morgan fingerprint density at radius 1 is 0.826 bits per heavy atom. The van der Waals surface area contributed by atoms with Gasteiger partial charge in [0, 0.05) is 22.0 Å². The molecule has 0 heterocycles. The molecule has 23 heavy (non-hydrogen) atoms. The van der Waals surface area contributed by atoms with Crippen molar-refractivity contribution in [1.82, 2.24) is 4.90 Å². The van der Waals surface area contributed by atoms with E-state index in [0.29, 0.717) is 12.0 Å². The summed E-state index contributed by atoms with van der Waals surface area (Å²) in [6, 6.07) is 17.0. The lowest BCUT2D eigenvalue weighted by Gasteiger charge is -2.23. The summed E-state index contributed by atoms with van der Waals surface area (Å²) >= 11 is 12.1. The minimum atomic E-state index is 0.380. The van der Waals surface area contributed by atoms with E-state index in [0.717, 1.165) is 29.4 Å². The molecule has 0 aliphatic carbocycles. The summed E-state index contributed by atoms with van der Waals surface area (Å²) in [5.74, 6) is 0.380. The van der Waals surface area contributed by atoms with Gasteiger partial charge in [-0.15, -0.1) is 0 Å². The first-order valence-corrected chi connectivity index (χ1v) is 8.94. The molecule has 0 saturated heterocycles. The van der Waals surface area contributed by atoms with Crippen molar-refractivity contribution in [2.24, 2.45) is 0 Å². The Kier molecular flexibility index (Phi) is 6.95. The van der Waals surface area contributed by atoms with Crippen LogP contribution in [0.4, 0.5) is 0 Å². The Balaban J connectivity index is 2.14. The second-order valence-electron chi connectivity index (χ2n) is 6.37. The quantitative estimate of drug-likeness (QED) is 0.571. The summed E-state index contributed by atoms with van der Waals surface area (Å²) in [4.78, 5) is 2.39. The fourth-order valence-electron chi connectivity index (χ4n) is 2.72. The van der Waals surface area contributed by atoms with Gasteiger partial charge < -0.3 is 4.90 Å². The molecule has 0 aromatic heterocycles. The average molecular weight is 350 g/mol. The molecule has 0 radical (unpaired) electrons. The Hall–Kier alpha value is -1.02. The van der Waals surface area contributed by atoms with Gasteiger partial charge in [0.25, 0.3) is 0 Å². The van der Waals surface area contributed by atoms with E-state index >= 15 is 0 Å². The molecule has 0 saturated carbocycles. The Labute approximate surface area is 150 Å². The number of nitrogens with zero attached hydrogens (tertiary/aromatic N) is 1. The summed E-state index contributed by atoms with van der Waals surface area (Å²) in [7, 11) is 2.18. The third-order valence-corrected chi connectivity index (χ3v) is 4.93. The van der Waals surface area contributed by atoms with E-state index in [1.54, 1.807) is 0 Å². The molecular weight excluding hydrogens is 325 g/mol. The highest BCUT2D eigenvalue weighted by molar-refractivity contribution is 6.30. The van der Waals surface area contributed by atoms with Crippen molar-refractivity contribution in [3.05, 3.63) is 69.7 Å². The Bertz CT molecular complexity index is 545. The van der Waals surface area contributed by atoms with Crippen LogP contribution in [-0.4, -0.2) is 24.5 Å². The van der Waals surface area contributed by atoms with Crippen LogP contribution in [0, 0.1) is 0 Å². The molecule has 0 aliphatic rings. The van der Waals surface area contributed by atoms with Gasteiger partial charge in [0.1, 0.15) is 0 Å². The first kappa shape index (κ1) is 18.3. The second-order valence-corrected chi connectivity index (χ2v) is 7.25. The molecule has 2 aromatic rings. The molecule has 0 spiro atoms. The monoisotopic (exact) mass is 349 g/mol. The topological polar surface area (TPSA) is 3.24 Å². The molecule has 0 aliphatic heterocycles. The zero-order valence-electron chi connectivity index (χ0n) is 14.1. The smallest absolute Gasteiger partial charge is 0.0406 e. The van der Waals surface area contributed by atoms with Crippen LogP contribution in [0.5, 0.6) is 0 Å². The first-order chi connectivity index (χ1) is 11.0. The van der Waals surface area contributed by atoms with E-state index in [1.807, 2.05) is 24.3 Å². The highest BCUT2D eigenvalue weighted by atomic mass is 35.5. The number of benzene rings is 2. The van der Waals surface area contributed by atoms with Gasteiger partial charge in [-0.1, -0.05) is 47.5 Å². The zero-order valence-corrected chi connectivity index (χ0v) is 15.6. The summed E-state index contributed by atoms with van der Waals surface area (Å²) in [6.07, 6.45) is 2.27. The lowest BCUT2D eigenvalue weighted by Crippen LogP contribution is -2.27. The fraction of sp³-hybridized carbons (Fsp3) is 0.400. The third kappa shape index (κ3) is 5.53. The molecule has 124 valence electrons. The third-order valence-electron chi connectivity index (χ3n) is 4.43. The van der Waals surface area contributed by atoms with Crippen molar-refractivity contribution in [3.63, 3.8) is 0 Å². The van der Waals surface area contributed by atoms with Crippen molar-refractivity contribution in [2.45, 2.75) is 38.6 Å². The maximum absolute atomic E-state index is 6.04. The Morgan fingerprint density at radius 2 is 1.26 bits per heavy atom. The number of rotatable bonds is 7. The van der Waals surface area contributed by atoms with Crippen LogP contribution >= 0.6 is 23.2 Å². The Morgan fingerprint density at radius 3 is 1.65 bits per heavy atom. The minimum Gasteiger partial charge on any atom is -0.304 e. The summed E-state index contributed by atoms with van der Waals surface area (Å²) < 4.78 is 0. The van der Waals surface area contributed by atoms with Crippen molar-refractivity contribution < 1.29 is 0 Å². The van der Waals surface area contributed by atoms with Crippen LogP contribution < -0.4 is 0 Å². The van der Waals surface area contributed by atoms with Crippen LogP contribution in [0.1, 0.15) is 43.7 Å². The number of hydrogen-bond acceptors (Lipinski definition) is 1. The largest absolute Gasteiger partial charge is 0.304 e. The standard InChI is InChI=1S/C20H25Cl2N/c1-15(2)23(3)14-4-5-20(16-6-10-18(21)11-7-16)17-8-12-19(22)13-9-17/h6-13,15,20H,4-5,14H2,1-3H3. The van der Waals surface area contributed by atoms with Crippen molar-refractivity contribution in [2.75, 3.05) is 13.6 Å². The van der Waals surface area contributed by atoms with E-state index < -0.39 is 0 Å². The SMILES string of the molecule is CC(C)N(C)CCCC(c1ccc(Cl)cc1)c1ccc(Cl)cc1. The summed E-state index contributed by atoms with van der Waals surface area (Å²) in [5, 5.41) is 1.56. The predicted octanol–water partition coefficient (Wildman–Crippen LogP) is 6.25. The molecule has 0 fully saturated rings. The normalized spacial score (nSPS) is 11.7. The lowest BCUT2D eigenvalue weighted by molar-refractivity contribution is 0.267. The van der Waals surface area contributed by atoms with Crippen molar-refractivity contribution >= 4 is 23.2 Å². The van der Waals surface area contributed by atoms with Crippen LogP contribution in [0.15, 0.2) is 48.5 Å². The predicted molar refractivity (Wildman–Crippen MR) is 102 cm³/mol. The van der Waals surface area contributed by atoms with Crippen molar-refractivity contribution in [1.29, 1.82) is 0 Å². The van der Waals surface area contributed by atoms with Gasteiger partial charge in [-0.25, -0.2) is 0 Å². The van der Waals surface area contributed by atoms with Crippen LogP contribution in [-0.2, 0) is 0 Å². The summed E-state index contributed by atoms with van der Waals surface area (Å²) in [5.41, 5.74) is 2.62. The second kappa shape index (κ2) is 8.73. The molecule has 2 aromatic carbocycles. The highest BCUT2D eigenvalue weighted by Gasteiger charge is 2.15. The van der Waals surface area contributed by atoms with Crippen molar-refractivity contribution in [3.8, 4) is 0 Å². The van der Waals surface area contributed by atoms with Gasteiger partial charge in [0.15, 0.2) is 0 Å². The fourth-order valence-corrected chi connectivity index (χ4v) is 2.97. The lowest BCUT2D eigenvalue weighted by atomic mass is 9.87. The van der Waals surface area contributed by atoms with E-state index in [9.17, 15) is 0 Å². The average Bonchev–Trinajstić information content (AvgIpc) is 2.53. The molecular formula is C20H25Cl2N. The van der Waals surface area contributed by atoms with E-state index in [-0.39, 0.29) is 0 Å². The number of hydrogen-bond donors (Lipinski definition) is 0. The van der Waals surface area contributed by atoms with E-state index in [2.05, 4.69) is 50.1 Å². The molecule has 2 rings (SSSR count). The zero-order chi connectivity index (χ0) is 16.8. The van der Waals surface area contributed by atoms with Crippen LogP contribution in [0.25, 0.3) is 0 Å². The van der Waals surface area contributed by atoms with Gasteiger partial charge in [-0.2, -0.15) is 0 Å². The number of halogens is 2. The van der Waals surface area contributed by atoms with Gasteiger partial charge in [-0.3, -0.25) is 0 Å². The molecule has 0 N–H and O–H groups in total. The van der Waals surface area contributed by atoms with Gasteiger partial charge in [-0.05, 0) is 75.7 Å².